The van der Waals surface area contributed by atoms with Crippen LogP contribution in [-0.4, -0.2) is 86.5 Å². The average molecular weight is 526 g/mol. The third kappa shape index (κ3) is 8.45. The van der Waals surface area contributed by atoms with Gasteiger partial charge < -0.3 is 24.4 Å². The number of rotatable bonds is 7. The lowest BCUT2D eigenvalue weighted by Crippen LogP contribution is -2.47. The Balaban J connectivity index is 1.90. The molecule has 3 rings (SSSR count). The summed E-state index contributed by atoms with van der Waals surface area (Å²) in [6, 6.07) is 15.9. The quantitative estimate of drug-likeness (QED) is 0.566. The van der Waals surface area contributed by atoms with Crippen molar-refractivity contribution in [2.24, 2.45) is 5.92 Å². The van der Waals surface area contributed by atoms with E-state index in [-0.39, 0.29) is 36.7 Å². The number of ether oxygens (including phenoxy) is 2. The van der Waals surface area contributed by atoms with Gasteiger partial charge in [0.2, 0.25) is 0 Å². The Morgan fingerprint density at radius 2 is 1.82 bits per heavy atom. The Kier molecular flexibility index (Phi) is 11.4. The first-order valence-corrected chi connectivity index (χ1v) is 13.9. The number of likely N-dealkylation sites (N-methyl/N-ethyl adjacent to an activating group) is 1. The summed E-state index contributed by atoms with van der Waals surface area (Å²) < 4.78 is 12.8. The van der Waals surface area contributed by atoms with Crippen LogP contribution in [0.1, 0.15) is 56.0 Å². The fourth-order valence-corrected chi connectivity index (χ4v) is 4.92. The van der Waals surface area contributed by atoms with Crippen LogP contribution >= 0.6 is 0 Å². The Morgan fingerprint density at radius 3 is 2.50 bits per heavy atom. The minimum Gasteiger partial charge on any atom is -0.490 e. The van der Waals surface area contributed by atoms with Gasteiger partial charge in [0.15, 0.2) is 0 Å². The Labute approximate surface area is 229 Å². The normalized spacial score (nSPS) is 22.4. The standard InChI is InChI=1S/C31H47N3O4/c1-23-19-34(24(2)22-35)31(36)28-18-27(32(4)5)15-16-29(28)38-25(3)12-10-11-17-37-30(23)21-33(6)20-26-13-8-7-9-14-26/h7-9,13-16,18,23-25,30,35H,10-12,17,19-22H2,1-6H3/t23-,24+,25-,30-/m1/s1. The van der Waals surface area contributed by atoms with Crippen LogP contribution in [0.5, 0.6) is 5.75 Å². The molecule has 1 amide bonds. The largest absolute Gasteiger partial charge is 0.490 e. The molecule has 1 aliphatic heterocycles. The van der Waals surface area contributed by atoms with Gasteiger partial charge in [0.1, 0.15) is 5.75 Å². The second-order valence-corrected chi connectivity index (χ2v) is 11.1. The minimum absolute atomic E-state index is 0.0230. The number of anilines is 1. The van der Waals surface area contributed by atoms with Crippen LogP contribution in [0.3, 0.4) is 0 Å². The van der Waals surface area contributed by atoms with E-state index < -0.39 is 0 Å². The molecule has 0 spiro atoms. The summed E-state index contributed by atoms with van der Waals surface area (Å²) in [5, 5.41) is 10.1. The van der Waals surface area contributed by atoms with Gasteiger partial charge in [0.25, 0.3) is 5.91 Å². The third-order valence-corrected chi connectivity index (χ3v) is 7.34. The van der Waals surface area contributed by atoms with Gasteiger partial charge in [-0.2, -0.15) is 0 Å². The van der Waals surface area contributed by atoms with Crippen LogP contribution in [0.4, 0.5) is 5.69 Å². The number of hydrogen-bond donors (Lipinski definition) is 1. The molecule has 0 saturated heterocycles. The zero-order valence-electron chi connectivity index (χ0n) is 24.1. The topological polar surface area (TPSA) is 65.5 Å². The first-order valence-electron chi connectivity index (χ1n) is 13.9. The predicted octanol–water partition coefficient (Wildman–Crippen LogP) is 4.68. The maximum absolute atomic E-state index is 14.1. The second-order valence-electron chi connectivity index (χ2n) is 11.1. The lowest BCUT2D eigenvalue weighted by atomic mass is 10.0. The lowest BCUT2D eigenvalue weighted by Gasteiger charge is -2.36. The number of aliphatic hydroxyl groups excluding tert-OH is 1. The molecule has 7 heteroatoms. The number of benzene rings is 2. The van der Waals surface area contributed by atoms with Crippen molar-refractivity contribution in [1.29, 1.82) is 0 Å². The number of nitrogens with zero attached hydrogens (tertiary/aromatic N) is 3. The summed E-state index contributed by atoms with van der Waals surface area (Å²) >= 11 is 0. The van der Waals surface area contributed by atoms with Crippen molar-refractivity contribution in [2.45, 2.75) is 64.8 Å². The number of carbonyl (C=O) groups excluding carboxylic acids is 1. The molecule has 7 nitrogen and oxygen atoms in total. The summed E-state index contributed by atoms with van der Waals surface area (Å²) in [5.74, 6) is 0.538. The van der Waals surface area contributed by atoms with Crippen LogP contribution in [0.25, 0.3) is 0 Å². The molecule has 0 aromatic heterocycles. The van der Waals surface area contributed by atoms with E-state index in [1.165, 1.54) is 5.56 Å². The second kappa shape index (κ2) is 14.5. The molecule has 0 aliphatic carbocycles. The molecule has 2 aromatic carbocycles. The summed E-state index contributed by atoms with van der Waals surface area (Å²) in [5.41, 5.74) is 2.73. The first kappa shape index (κ1) is 29.9. The number of carbonyl (C=O) groups is 1. The number of amides is 1. The van der Waals surface area contributed by atoms with Crippen molar-refractivity contribution in [1.82, 2.24) is 9.80 Å². The minimum atomic E-state index is -0.339. The van der Waals surface area contributed by atoms with Crippen LogP contribution in [0, 0.1) is 5.92 Å². The molecule has 4 atom stereocenters. The molecular formula is C31H47N3O4. The Morgan fingerprint density at radius 1 is 1.08 bits per heavy atom. The van der Waals surface area contributed by atoms with Gasteiger partial charge in [-0.05, 0) is 63.9 Å². The summed E-state index contributed by atoms with van der Waals surface area (Å²) in [6.07, 6.45) is 2.77. The number of hydrogen-bond acceptors (Lipinski definition) is 6. The van der Waals surface area contributed by atoms with E-state index in [0.717, 1.165) is 38.0 Å². The third-order valence-electron chi connectivity index (χ3n) is 7.34. The van der Waals surface area contributed by atoms with Gasteiger partial charge in [-0.15, -0.1) is 0 Å². The van der Waals surface area contributed by atoms with Crippen LogP contribution in [-0.2, 0) is 11.3 Å². The molecule has 0 saturated carbocycles. The fraction of sp³-hybridized carbons (Fsp3) is 0.581. The molecule has 0 radical (unpaired) electrons. The van der Waals surface area contributed by atoms with Gasteiger partial charge >= 0.3 is 0 Å². The number of fused-ring (bicyclic) bond motifs is 1. The van der Waals surface area contributed by atoms with E-state index in [0.29, 0.717) is 24.5 Å². The monoisotopic (exact) mass is 525 g/mol. The van der Waals surface area contributed by atoms with Crippen molar-refractivity contribution in [3.05, 3.63) is 59.7 Å². The highest BCUT2D eigenvalue weighted by Crippen LogP contribution is 2.29. The van der Waals surface area contributed by atoms with Gasteiger partial charge in [-0.25, -0.2) is 0 Å². The highest BCUT2D eigenvalue weighted by molar-refractivity contribution is 5.98. The van der Waals surface area contributed by atoms with Crippen molar-refractivity contribution in [3.63, 3.8) is 0 Å². The van der Waals surface area contributed by atoms with Gasteiger partial charge in [0.05, 0.1) is 30.4 Å². The molecule has 2 aromatic rings. The molecule has 210 valence electrons. The summed E-state index contributed by atoms with van der Waals surface area (Å²) in [6.45, 7) is 8.72. The van der Waals surface area contributed by atoms with Crippen LogP contribution < -0.4 is 9.64 Å². The van der Waals surface area contributed by atoms with E-state index >= 15 is 0 Å². The first-order chi connectivity index (χ1) is 18.2. The number of aliphatic hydroxyl groups is 1. The van der Waals surface area contributed by atoms with Gasteiger partial charge in [0, 0.05) is 51.9 Å². The van der Waals surface area contributed by atoms with E-state index in [9.17, 15) is 9.90 Å². The molecule has 38 heavy (non-hydrogen) atoms. The van der Waals surface area contributed by atoms with Crippen molar-refractivity contribution < 1.29 is 19.4 Å². The van der Waals surface area contributed by atoms with Crippen LogP contribution in [0.2, 0.25) is 0 Å². The van der Waals surface area contributed by atoms with E-state index in [2.05, 4.69) is 50.1 Å². The highest BCUT2D eigenvalue weighted by Gasteiger charge is 2.30. The van der Waals surface area contributed by atoms with Gasteiger partial charge in [-0.3, -0.25) is 9.69 Å². The summed E-state index contributed by atoms with van der Waals surface area (Å²) in [7, 11) is 6.04. The predicted molar refractivity (Wildman–Crippen MR) is 154 cm³/mol. The Hall–Kier alpha value is -2.61. The lowest BCUT2D eigenvalue weighted by molar-refractivity contribution is -0.0177. The smallest absolute Gasteiger partial charge is 0.258 e. The van der Waals surface area contributed by atoms with E-state index in [1.54, 1.807) is 4.90 Å². The van der Waals surface area contributed by atoms with Crippen molar-refractivity contribution >= 4 is 11.6 Å². The highest BCUT2D eigenvalue weighted by atomic mass is 16.5. The average Bonchev–Trinajstić information content (AvgIpc) is 2.90. The summed E-state index contributed by atoms with van der Waals surface area (Å²) in [4.78, 5) is 20.1. The molecule has 0 bridgehead atoms. The van der Waals surface area contributed by atoms with E-state index in [4.69, 9.17) is 9.47 Å². The van der Waals surface area contributed by atoms with Crippen LogP contribution in [0.15, 0.2) is 48.5 Å². The maximum atomic E-state index is 14.1. The van der Waals surface area contributed by atoms with Crippen molar-refractivity contribution in [3.8, 4) is 5.75 Å². The molecule has 1 aliphatic rings. The molecule has 1 N–H and O–H groups in total. The van der Waals surface area contributed by atoms with Crippen molar-refractivity contribution in [2.75, 3.05) is 52.3 Å². The Bertz CT molecular complexity index is 1000. The maximum Gasteiger partial charge on any atom is 0.258 e. The van der Waals surface area contributed by atoms with Gasteiger partial charge in [-0.1, -0.05) is 37.3 Å². The fourth-order valence-electron chi connectivity index (χ4n) is 4.92. The SMILES string of the molecule is C[C@@H]1CCCCO[C@H](CN(C)Cc2ccccc2)[C@H](C)CN([C@@H](C)CO)C(=O)c2cc(N(C)C)ccc2O1. The zero-order valence-corrected chi connectivity index (χ0v) is 24.1. The molecule has 0 unspecified atom stereocenters. The molecule has 0 fully saturated rings. The van der Waals surface area contributed by atoms with E-state index in [1.807, 2.05) is 50.2 Å². The molecule has 1 heterocycles. The zero-order chi connectivity index (χ0) is 27.7. The molecular weight excluding hydrogens is 478 g/mol.